The van der Waals surface area contributed by atoms with Gasteiger partial charge in [0.25, 0.3) is 0 Å². The summed E-state index contributed by atoms with van der Waals surface area (Å²) in [4.78, 5) is 14.2. The minimum Gasteiger partial charge on any atom is -0.372 e. The van der Waals surface area contributed by atoms with Crippen molar-refractivity contribution in [2.75, 3.05) is 23.3 Å². The van der Waals surface area contributed by atoms with Crippen molar-refractivity contribution in [1.82, 2.24) is 4.72 Å². The van der Waals surface area contributed by atoms with Crippen LogP contribution in [0.25, 0.3) is 0 Å². The van der Waals surface area contributed by atoms with E-state index in [1.807, 2.05) is 18.7 Å². The Hall–Kier alpha value is -2.56. The molecule has 1 amide bonds. The molecule has 1 fully saturated rings. The van der Waals surface area contributed by atoms with Gasteiger partial charge in [-0.3, -0.25) is 4.79 Å². The van der Waals surface area contributed by atoms with Crippen LogP contribution in [-0.2, 0) is 19.6 Å². The topological polar surface area (TPSA) is 87.7 Å². The van der Waals surface area contributed by atoms with Gasteiger partial charge in [0.2, 0.25) is 15.9 Å². The predicted octanol–water partition coefficient (Wildman–Crippen LogP) is 3.52. The highest BCUT2D eigenvalue weighted by molar-refractivity contribution is 7.89. The van der Waals surface area contributed by atoms with Crippen molar-refractivity contribution in [3.05, 3.63) is 54.1 Å². The van der Waals surface area contributed by atoms with Gasteiger partial charge in [-0.2, -0.15) is 4.72 Å². The van der Waals surface area contributed by atoms with Gasteiger partial charge in [-0.25, -0.2) is 17.2 Å². The van der Waals surface area contributed by atoms with Crippen LogP contribution in [0.3, 0.4) is 0 Å². The first-order valence-electron chi connectivity index (χ1n) is 10.8. The monoisotopic (exact) mass is 481 g/mol. The van der Waals surface area contributed by atoms with Crippen molar-refractivity contribution in [2.45, 2.75) is 50.8 Å². The van der Waals surface area contributed by atoms with Gasteiger partial charge >= 0.3 is 0 Å². The lowest BCUT2D eigenvalue weighted by Gasteiger charge is -2.37. The fraction of sp³-hybridized carbons (Fsp3) is 0.435. The van der Waals surface area contributed by atoms with Crippen molar-refractivity contribution in [1.29, 1.82) is 0 Å². The van der Waals surface area contributed by atoms with Crippen LogP contribution in [0.2, 0.25) is 0 Å². The molecule has 0 aromatic heterocycles. The van der Waals surface area contributed by atoms with Gasteiger partial charge in [-0.15, -0.1) is 0 Å². The van der Waals surface area contributed by atoms with E-state index in [4.69, 9.17) is 4.74 Å². The molecular weight excluding hydrogens is 452 g/mol. The van der Waals surface area contributed by atoms with Crippen molar-refractivity contribution >= 4 is 27.3 Å². The summed E-state index contributed by atoms with van der Waals surface area (Å²) in [5.41, 5.74) is 0.585. The molecule has 3 atom stereocenters. The summed E-state index contributed by atoms with van der Waals surface area (Å²) in [5.74, 6) is -2.56. The summed E-state index contributed by atoms with van der Waals surface area (Å²) < 4.78 is 62.1. The average molecular weight is 482 g/mol. The molecule has 10 heteroatoms. The smallest absolute Gasteiger partial charge is 0.244 e. The normalized spacial score (nSPS) is 20.0. The molecular formula is C23H29F2N3O4S. The number of ether oxygens (including phenoxy) is 1. The lowest BCUT2D eigenvalue weighted by Crippen LogP contribution is -2.47. The third-order valence-corrected chi connectivity index (χ3v) is 6.81. The summed E-state index contributed by atoms with van der Waals surface area (Å²) >= 11 is 0. The highest BCUT2D eigenvalue weighted by Gasteiger charge is 2.30. The van der Waals surface area contributed by atoms with Gasteiger partial charge in [-0.1, -0.05) is 26.0 Å². The lowest BCUT2D eigenvalue weighted by atomic mass is 10.0. The number of benzene rings is 2. The van der Waals surface area contributed by atoms with Crippen LogP contribution in [-0.4, -0.2) is 45.7 Å². The van der Waals surface area contributed by atoms with E-state index in [1.165, 1.54) is 18.2 Å². The van der Waals surface area contributed by atoms with Crippen molar-refractivity contribution in [2.24, 2.45) is 5.92 Å². The summed E-state index contributed by atoms with van der Waals surface area (Å²) in [6.45, 7) is 8.23. The van der Waals surface area contributed by atoms with Gasteiger partial charge in [-0.05, 0) is 50.1 Å². The molecule has 1 heterocycles. The first-order valence-corrected chi connectivity index (χ1v) is 12.2. The van der Waals surface area contributed by atoms with E-state index in [1.54, 1.807) is 26.0 Å². The second-order valence-electron chi connectivity index (χ2n) is 8.59. The second kappa shape index (κ2) is 10.1. The van der Waals surface area contributed by atoms with E-state index >= 15 is 0 Å². The molecule has 0 bridgehead atoms. The quantitative estimate of drug-likeness (QED) is 0.632. The summed E-state index contributed by atoms with van der Waals surface area (Å²) in [5, 5.41) is 2.56. The highest BCUT2D eigenvalue weighted by atomic mass is 32.2. The number of morpholine rings is 1. The summed E-state index contributed by atoms with van der Waals surface area (Å²) in [6, 6.07) is 8.04. The minimum atomic E-state index is -4.29. The Morgan fingerprint density at radius 2 is 1.70 bits per heavy atom. The van der Waals surface area contributed by atoms with Gasteiger partial charge in [0.15, 0.2) is 0 Å². The van der Waals surface area contributed by atoms with Crippen molar-refractivity contribution in [3.63, 3.8) is 0 Å². The Morgan fingerprint density at radius 1 is 1.06 bits per heavy atom. The van der Waals surface area contributed by atoms with E-state index in [0.717, 1.165) is 12.1 Å². The zero-order valence-corrected chi connectivity index (χ0v) is 19.8. The number of carbonyl (C=O) groups is 1. The molecule has 2 aromatic carbocycles. The number of anilines is 2. The number of hydrogen-bond donors (Lipinski definition) is 2. The molecule has 1 aliphatic rings. The maximum Gasteiger partial charge on any atom is 0.244 e. The number of carbonyl (C=O) groups excluding carboxylic acids is 1. The molecule has 0 spiro atoms. The molecule has 1 aliphatic heterocycles. The molecule has 2 aromatic rings. The Morgan fingerprint density at radius 3 is 2.27 bits per heavy atom. The van der Waals surface area contributed by atoms with Crippen molar-refractivity contribution in [3.8, 4) is 0 Å². The maximum absolute atomic E-state index is 14.8. The number of sulfonamides is 1. The molecule has 0 radical (unpaired) electrons. The molecule has 1 saturated heterocycles. The Labute approximate surface area is 193 Å². The van der Waals surface area contributed by atoms with Gasteiger partial charge < -0.3 is 15.0 Å². The van der Waals surface area contributed by atoms with Crippen LogP contribution in [0.15, 0.2) is 47.4 Å². The van der Waals surface area contributed by atoms with Gasteiger partial charge in [0, 0.05) is 18.8 Å². The zero-order valence-electron chi connectivity index (χ0n) is 19.0. The van der Waals surface area contributed by atoms with E-state index in [2.05, 4.69) is 10.0 Å². The number of amides is 1. The predicted molar refractivity (Wildman–Crippen MR) is 123 cm³/mol. The number of nitrogens with one attached hydrogen (secondary N) is 2. The van der Waals surface area contributed by atoms with Gasteiger partial charge in [0.05, 0.1) is 17.9 Å². The average Bonchev–Trinajstić information content (AvgIpc) is 2.71. The molecule has 3 rings (SSSR count). The third-order valence-electron chi connectivity index (χ3n) is 5.33. The van der Waals surface area contributed by atoms with Crippen LogP contribution in [0, 0.1) is 17.6 Å². The molecule has 2 N–H and O–H groups in total. The van der Waals surface area contributed by atoms with E-state index in [-0.39, 0.29) is 17.9 Å². The molecule has 33 heavy (non-hydrogen) atoms. The molecule has 0 saturated carbocycles. The van der Waals surface area contributed by atoms with E-state index in [0.29, 0.717) is 18.8 Å². The molecule has 7 nitrogen and oxygen atoms in total. The number of nitrogens with zero attached hydrogens (tertiary/aromatic N) is 1. The fourth-order valence-corrected chi connectivity index (χ4v) is 5.24. The fourth-order valence-electron chi connectivity index (χ4n) is 3.82. The Kier molecular flexibility index (Phi) is 7.71. The van der Waals surface area contributed by atoms with Crippen molar-refractivity contribution < 1.29 is 26.7 Å². The van der Waals surface area contributed by atoms with Crippen LogP contribution in [0.4, 0.5) is 20.2 Å². The van der Waals surface area contributed by atoms with Crippen LogP contribution >= 0.6 is 0 Å². The Balaban J connectivity index is 1.75. The van der Waals surface area contributed by atoms with E-state index in [9.17, 15) is 22.0 Å². The lowest BCUT2D eigenvalue weighted by molar-refractivity contribution is -0.118. The molecule has 180 valence electrons. The summed E-state index contributed by atoms with van der Waals surface area (Å²) in [7, 11) is -4.29. The SMILES string of the molecule is CC1CN(c2ccc(NC(=O)[C@@H](NS(=O)(=O)c3ccccc3F)C(C)C)cc2F)CC(C)O1. The standard InChI is InChI=1S/C23H29F2N3O4S/c1-14(2)22(27-33(30,31)21-8-6-5-7-18(21)24)23(29)26-17-9-10-20(19(25)11-17)28-12-15(3)32-16(4)13-28/h5-11,14-16,22,27H,12-13H2,1-4H3,(H,26,29)/t15?,16?,22-/m0/s1. The van der Waals surface area contributed by atoms with Crippen LogP contribution in [0.5, 0.6) is 0 Å². The van der Waals surface area contributed by atoms with E-state index < -0.39 is 44.4 Å². The Bertz CT molecular complexity index is 1100. The highest BCUT2D eigenvalue weighted by Crippen LogP contribution is 2.26. The summed E-state index contributed by atoms with van der Waals surface area (Å²) in [6.07, 6.45) is -0.0800. The largest absolute Gasteiger partial charge is 0.372 e. The third kappa shape index (κ3) is 6.07. The number of rotatable bonds is 7. The first-order chi connectivity index (χ1) is 15.5. The molecule has 2 unspecified atom stereocenters. The maximum atomic E-state index is 14.8. The zero-order chi connectivity index (χ0) is 24.3. The number of hydrogen-bond acceptors (Lipinski definition) is 5. The number of halogens is 2. The minimum absolute atomic E-state index is 0.0400. The second-order valence-corrected chi connectivity index (χ2v) is 10.3. The van der Waals surface area contributed by atoms with Gasteiger partial charge in [0.1, 0.15) is 22.6 Å². The first kappa shape index (κ1) is 25.1. The van der Waals surface area contributed by atoms with Crippen LogP contribution < -0.4 is 14.9 Å². The van der Waals surface area contributed by atoms with Crippen LogP contribution in [0.1, 0.15) is 27.7 Å². The molecule has 0 aliphatic carbocycles.